The lowest BCUT2D eigenvalue weighted by Gasteiger charge is -2.11. The molecule has 2 N–H and O–H groups in total. The number of aliphatic hydroxyl groups excluding tert-OH is 2. The molecule has 1 saturated heterocycles. The molecular formula is C12H13N3O3. The number of benzene rings is 1. The number of ether oxygens (including phenoxy) is 1. The SMILES string of the molecule is OC1COC(c2cnn(-c3ccccc3)n2)C1O. The van der Waals surface area contributed by atoms with Crippen molar-refractivity contribution in [3.8, 4) is 5.69 Å². The Kier molecular flexibility index (Phi) is 2.83. The zero-order valence-electron chi connectivity index (χ0n) is 9.55. The van der Waals surface area contributed by atoms with Crippen molar-refractivity contribution in [2.24, 2.45) is 0 Å². The van der Waals surface area contributed by atoms with E-state index in [2.05, 4.69) is 10.2 Å². The largest absolute Gasteiger partial charge is 0.388 e. The van der Waals surface area contributed by atoms with Gasteiger partial charge in [-0.2, -0.15) is 15.0 Å². The molecular weight excluding hydrogens is 234 g/mol. The first-order chi connectivity index (χ1) is 8.75. The third-order valence-electron chi connectivity index (χ3n) is 2.94. The lowest BCUT2D eigenvalue weighted by molar-refractivity contribution is 0.0203. The summed E-state index contributed by atoms with van der Waals surface area (Å²) in [5.41, 5.74) is 1.35. The number of aliphatic hydroxyl groups is 2. The Balaban J connectivity index is 1.86. The highest BCUT2D eigenvalue weighted by Crippen LogP contribution is 2.27. The van der Waals surface area contributed by atoms with Crippen molar-refractivity contribution >= 4 is 0 Å². The Hall–Kier alpha value is -1.76. The summed E-state index contributed by atoms with van der Waals surface area (Å²) in [5.74, 6) is 0. The van der Waals surface area contributed by atoms with Crippen LogP contribution in [0.3, 0.4) is 0 Å². The molecule has 1 fully saturated rings. The van der Waals surface area contributed by atoms with Gasteiger partial charge in [-0.25, -0.2) is 0 Å². The van der Waals surface area contributed by atoms with Crippen LogP contribution in [0.25, 0.3) is 5.69 Å². The standard InChI is InChI=1S/C12H13N3O3/c16-10-7-18-12(11(10)17)9-6-13-15(14-9)8-4-2-1-3-5-8/h1-6,10-12,16-17H,7H2. The van der Waals surface area contributed by atoms with Crippen LogP contribution in [0.1, 0.15) is 11.8 Å². The van der Waals surface area contributed by atoms with Gasteiger partial charge in [-0.15, -0.1) is 0 Å². The Morgan fingerprint density at radius 3 is 2.67 bits per heavy atom. The molecule has 1 aliphatic rings. The lowest BCUT2D eigenvalue weighted by Crippen LogP contribution is -2.25. The van der Waals surface area contributed by atoms with Crippen molar-refractivity contribution in [3.63, 3.8) is 0 Å². The minimum absolute atomic E-state index is 0.115. The quantitative estimate of drug-likeness (QED) is 0.784. The number of hydrogen-bond acceptors (Lipinski definition) is 5. The van der Waals surface area contributed by atoms with Crippen molar-refractivity contribution in [3.05, 3.63) is 42.2 Å². The minimum atomic E-state index is -0.953. The van der Waals surface area contributed by atoms with Crippen molar-refractivity contribution in [1.29, 1.82) is 0 Å². The lowest BCUT2D eigenvalue weighted by atomic mass is 10.1. The molecule has 2 heterocycles. The van der Waals surface area contributed by atoms with Crippen LogP contribution in [-0.4, -0.2) is 44.0 Å². The smallest absolute Gasteiger partial charge is 0.131 e. The maximum Gasteiger partial charge on any atom is 0.131 e. The minimum Gasteiger partial charge on any atom is -0.388 e. The number of rotatable bonds is 2. The van der Waals surface area contributed by atoms with Crippen molar-refractivity contribution in [2.45, 2.75) is 18.3 Å². The zero-order valence-corrected chi connectivity index (χ0v) is 9.55. The fraction of sp³-hybridized carbons (Fsp3) is 0.333. The normalized spacial score (nSPS) is 27.6. The molecule has 0 amide bonds. The molecule has 0 aliphatic carbocycles. The number of aromatic nitrogens is 3. The highest BCUT2D eigenvalue weighted by Gasteiger charge is 2.37. The molecule has 18 heavy (non-hydrogen) atoms. The Bertz CT molecular complexity index is 528. The second-order valence-electron chi connectivity index (χ2n) is 4.21. The summed E-state index contributed by atoms with van der Waals surface area (Å²) in [6.45, 7) is 0.115. The van der Waals surface area contributed by atoms with Gasteiger partial charge in [0.2, 0.25) is 0 Å². The van der Waals surface area contributed by atoms with E-state index in [0.29, 0.717) is 5.69 Å². The summed E-state index contributed by atoms with van der Waals surface area (Å²) in [5, 5.41) is 27.5. The molecule has 6 nitrogen and oxygen atoms in total. The van der Waals surface area contributed by atoms with Gasteiger partial charge in [-0.1, -0.05) is 18.2 Å². The molecule has 2 aromatic rings. The van der Waals surface area contributed by atoms with E-state index in [-0.39, 0.29) is 6.61 Å². The van der Waals surface area contributed by atoms with Gasteiger partial charge in [0.25, 0.3) is 0 Å². The van der Waals surface area contributed by atoms with Crippen molar-refractivity contribution < 1.29 is 14.9 Å². The van der Waals surface area contributed by atoms with Gasteiger partial charge in [0.1, 0.15) is 24.0 Å². The summed E-state index contributed by atoms with van der Waals surface area (Å²) in [4.78, 5) is 1.47. The summed E-state index contributed by atoms with van der Waals surface area (Å²) in [6, 6.07) is 9.45. The number of para-hydroxylation sites is 1. The van der Waals surface area contributed by atoms with Crippen LogP contribution in [0.5, 0.6) is 0 Å². The second kappa shape index (κ2) is 4.49. The van der Waals surface area contributed by atoms with Crippen LogP contribution in [0.2, 0.25) is 0 Å². The summed E-state index contributed by atoms with van der Waals surface area (Å²) >= 11 is 0. The molecule has 0 spiro atoms. The highest BCUT2D eigenvalue weighted by atomic mass is 16.5. The zero-order chi connectivity index (χ0) is 12.5. The second-order valence-corrected chi connectivity index (χ2v) is 4.21. The van der Waals surface area contributed by atoms with Gasteiger partial charge in [0, 0.05) is 0 Å². The molecule has 0 saturated carbocycles. The van der Waals surface area contributed by atoms with Gasteiger partial charge < -0.3 is 14.9 Å². The first-order valence-corrected chi connectivity index (χ1v) is 5.71. The molecule has 3 rings (SSSR count). The molecule has 0 bridgehead atoms. The van der Waals surface area contributed by atoms with Gasteiger partial charge >= 0.3 is 0 Å². The fourth-order valence-corrected chi connectivity index (χ4v) is 1.95. The first kappa shape index (κ1) is 11.3. The first-order valence-electron chi connectivity index (χ1n) is 5.71. The van der Waals surface area contributed by atoms with Crippen LogP contribution < -0.4 is 0 Å². The van der Waals surface area contributed by atoms with Crippen molar-refractivity contribution in [1.82, 2.24) is 15.0 Å². The molecule has 94 valence electrons. The predicted octanol–water partition coefficient (Wildman–Crippen LogP) is 0.0604. The van der Waals surface area contributed by atoms with E-state index >= 15 is 0 Å². The van der Waals surface area contributed by atoms with E-state index in [0.717, 1.165) is 5.69 Å². The summed E-state index contributed by atoms with van der Waals surface area (Å²) in [7, 11) is 0. The molecule has 3 unspecified atom stereocenters. The van der Waals surface area contributed by atoms with Crippen LogP contribution in [0, 0.1) is 0 Å². The Morgan fingerprint density at radius 2 is 2.00 bits per heavy atom. The predicted molar refractivity (Wildman–Crippen MR) is 62.1 cm³/mol. The molecule has 6 heteroatoms. The maximum absolute atomic E-state index is 9.74. The average Bonchev–Trinajstić information content (AvgIpc) is 3.00. The Morgan fingerprint density at radius 1 is 1.22 bits per heavy atom. The van der Waals surface area contributed by atoms with Gasteiger partial charge in [0.05, 0.1) is 18.5 Å². The Labute approximate surface area is 103 Å². The van der Waals surface area contributed by atoms with Gasteiger partial charge in [0.15, 0.2) is 0 Å². The maximum atomic E-state index is 9.74. The monoisotopic (exact) mass is 247 g/mol. The molecule has 3 atom stereocenters. The third kappa shape index (κ3) is 1.90. The number of nitrogens with zero attached hydrogens (tertiary/aromatic N) is 3. The molecule has 0 radical (unpaired) electrons. The van der Waals surface area contributed by atoms with Gasteiger partial charge in [-0.05, 0) is 12.1 Å². The van der Waals surface area contributed by atoms with Crippen LogP contribution in [0.15, 0.2) is 36.5 Å². The summed E-state index contributed by atoms with van der Waals surface area (Å²) < 4.78 is 5.30. The van der Waals surface area contributed by atoms with E-state index in [1.807, 2.05) is 30.3 Å². The molecule has 1 aromatic carbocycles. The topological polar surface area (TPSA) is 80.4 Å². The van der Waals surface area contributed by atoms with Crippen LogP contribution >= 0.6 is 0 Å². The summed E-state index contributed by atoms with van der Waals surface area (Å²) in [6.07, 6.45) is -0.890. The van der Waals surface area contributed by atoms with E-state index in [1.165, 1.54) is 4.80 Å². The van der Waals surface area contributed by atoms with E-state index in [9.17, 15) is 10.2 Å². The van der Waals surface area contributed by atoms with Crippen molar-refractivity contribution in [2.75, 3.05) is 6.61 Å². The van der Waals surface area contributed by atoms with Crippen LogP contribution in [0.4, 0.5) is 0 Å². The van der Waals surface area contributed by atoms with Gasteiger partial charge in [-0.3, -0.25) is 0 Å². The van der Waals surface area contributed by atoms with E-state index in [1.54, 1.807) is 6.20 Å². The molecule has 1 aliphatic heterocycles. The van der Waals surface area contributed by atoms with E-state index < -0.39 is 18.3 Å². The van der Waals surface area contributed by atoms with Crippen LogP contribution in [-0.2, 0) is 4.74 Å². The van der Waals surface area contributed by atoms with E-state index in [4.69, 9.17) is 4.74 Å². The number of hydrogen-bond donors (Lipinski definition) is 2. The molecule has 1 aromatic heterocycles. The average molecular weight is 247 g/mol. The third-order valence-corrected chi connectivity index (χ3v) is 2.94. The fourth-order valence-electron chi connectivity index (χ4n) is 1.95. The highest BCUT2D eigenvalue weighted by molar-refractivity contribution is 5.28.